The van der Waals surface area contributed by atoms with Crippen LogP contribution in [-0.2, 0) is 31.0 Å². The van der Waals surface area contributed by atoms with Gasteiger partial charge in [-0.2, -0.15) is 0 Å². The van der Waals surface area contributed by atoms with Gasteiger partial charge in [-0.25, -0.2) is 20.8 Å². The van der Waals surface area contributed by atoms with Crippen LogP contribution in [0.3, 0.4) is 0 Å². The second kappa shape index (κ2) is 6.61. The van der Waals surface area contributed by atoms with Crippen LogP contribution in [-0.4, -0.2) is 46.9 Å². The third-order valence-corrected chi connectivity index (χ3v) is 7.52. The first-order chi connectivity index (χ1) is 13.2. The molecule has 1 fully saturated rings. The first-order valence-electron chi connectivity index (χ1n) is 8.56. The minimum absolute atomic E-state index is 0.0339. The van der Waals surface area contributed by atoms with Crippen LogP contribution >= 0.6 is 0 Å². The quantitative estimate of drug-likeness (QED) is 0.567. The lowest BCUT2D eigenvalue weighted by atomic mass is 10.0. The molecule has 9 heteroatoms. The first-order valence-corrected chi connectivity index (χ1v) is 11.9. The van der Waals surface area contributed by atoms with Crippen molar-refractivity contribution in [3.8, 4) is 5.75 Å². The smallest absolute Gasteiger partial charge is 0.236 e. The van der Waals surface area contributed by atoms with Crippen molar-refractivity contribution in [3.05, 3.63) is 54.2 Å². The Morgan fingerprint density at radius 3 is 2.36 bits per heavy atom. The van der Waals surface area contributed by atoms with Crippen molar-refractivity contribution in [2.75, 3.05) is 20.0 Å². The van der Waals surface area contributed by atoms with Crippen molar-refractivity contribution in [2.45, 2.75) is 22.3 Å². The molecule has 1 atom stereocenters. The summed E-state index contributed by atoms with van der Waals surface area (Å²) in [5, 5.41) is 0.351. The van der Waals surface area contributed by atoms with E-state index in [1.165, 1.54) is 25.4 Å². The minimum Gasteiger partial charge on any atom is -0.496 e. The highest BCUT2D eigenvalue weighted by Crippen LogP contribution is 2.39. The van der Waals surface area contributed by atoms with E-state index in [1.807, 2.05) is 0 Å². The first kappa shape index (κ1) is 19.0. The second-order valence-corrected chi connectivity index (χ2v) is 10.4. The summed E-state index contributed by atoms with van der Waals surface area (Å²) in [6, 6.07) is 11.2. The van der Waals surface area contributed by atoms with Crippen LogP contribution in [0.5, 0.6) is 5.75 Å². The summed E-state index contributed by atoms with van der Waals surface area (Å²) in [6.07, 6.45) is 2.62. The van der Waals surface area contributed by atoms with Crippen molar-refractivity contribution in [2.24, 2.45) is 0 Å². The molecule has 7 nitrogen and oxygen atoms in total. The van der Waals surface area contributed by atoms with E-state index in [0.29, 0.717) is 35.2 Å². The summed E-state index contributed by atoms with van der Waals surface area (Å²) in [6.45, 7) is 0.576. The highest BCUT2D eigenvalue weighted by molar-refractivity contribution is 7.92. The van der Waals surface area contributed by atoms with Gasteiger partial charge in [-0.1, -0.05) is 18.2 Å². The zero-order chi connectivity index (χ0) is 20.1. The van der Waals surface area contributed by atoms with E-state index in [-0.39, 0.29) is 15.9 Å². The van der Waals surface area contributed by atoms with Crippen molar-refractivity contribution >= 4 is 30.8 Å². The summed E-state index contributed by atoms with van der Waals surface area (Å²) in [5.74, 6) is 0.499. The molecule has 0 amide bonds. The molecule has 1 aliphatic heterocycles. The van der Waals surface area contributed by atoms with Crippen molar-refractivity contribution in [1.29, 1.82) is 0 Å². The molecule has 1 aliphatic rings. The number of methoxy groups -OCH3 is 1. The third kappa shape index (κ3) is 3.19. The molecule has 0 spiro atoms. The topological polar surface area (TPSA) is 95.0 Å². The lowest BCUT2D eigenvalue weighted by molar-refractivity contribution is 0.391. The number of benzene rings is 2. The normalized spacial score (nSPS) is 17.0. The molecule has 0 unspecified atom stereocenters. The Morgan fingerprint density at radius 2 is 1.79 bits per heavy atom. The molecule has 28 heavy (non-hydrogen) atoms. The monoisotopic (exact) mass is 421 g/mol. The van der Waals surface area contributed by atoms with E-state index in [1.54, 1.807) is 30.3 Å². The van der Waals surface area contributed by atoms with Gasteiger partial charge >= 0.3 is 0 Å². The van der Waals surface area contributed by atoms with Gasteiger partial charge in [0, 0.05) is 23.6 Å². The van der Waals surface area contributed by atoms with E-state index in [2.05, 4.69) is 0 Å². The number of rotatable bonds is 6. The molecule has 3 aromatic rings. The molecule has 0 N–H and O–H groups in total. The average Bonchev–Trinajstić information content (AvgIpc) is 3.37. The molecule has 2 aromatic carbocycles. The lowest BCUT2D eigenvalue weighted by Gasteiger charge is -2.11. The van der Waals surface area contributed by atoms with Crippen molar-refractivity contribution < 1.29 is 26.3 Å². The molecular formula is C19H19NO6S2. The molecule has 1 saturated heterocycles. The zero-order valence-electron chi connectivity index (χ0n) is 15.3. The number of hydrogen-bond donors (Lipinski definition) is 0. The molecule has 0 radical (unpaired) electrons. The van der Waals surface area contributed by atoms with Crippen LogP contribution in [0.1, 0.15) is 5.56 Å². The molecule has 0 aliphatic carbocycles. The fourth-order valence-electron chi connectivity index (χ4n) is 3.33. The van der Waals surface area contributed by atoms with E-state index in [9.17, 15) is 16.8 Å². The number of sulfone groups is 1. The van der Waals surface area contributed by atoms with Crippen LogP contribution in [0, 0.1) is 0 Å². The van der Waals surface area contributed by atoms with E-state index in [0.717, 1.165) is 10.2 Å². The van der Waals surface area contributed by atoms with Gasteiger partial charge in [-0.15, -0.1) is 0 Å². The summed E-state index contributed by atoms with van der Waals surface area (Å²) in [5.41, 5.74) is 0.924. The van der Waals surface area contributed by atoms with Gasteiger partial charge in [-0.3, -0.25) is 0 Å². The maximum absolute atomic E-state index is 13.4. The number of aromatic nitrogens is 1. The predicted octanol–water partition coefficient (Wildman–Crippen LogP) is 2.23. The minimum atomic E-state index is -3.95. The lowest BCUT2D eigenvalue weighted by Crippen LogP contribution is -2.08. The Labute approximate surface area is 163 Å². The maximum Gasteiger partial charge on any atom is 0.236 e. The third-order valence-electron chi connectivity index (χ3n) is 4.72. The molecule has 0 bridgehead atoms. The zero-order valence-corrected chi connectivity index (χ0v) is 17.0. The van der Waals surface area contributed by atoms with Gasteiger partial charge in [0.25, 0.3) is 0 Å². The summed E-state index contributed by atoms with van der Waals surface area (Å²) in [4.78, 5) is 0.0349. The average molecular weight is 421 g/mol. The fourth-order valence-corrected chi connectivity index (χ4v) is 5.71. The Balaban J connectivity index is 2.10. The molecule has 0 saturated carbocycles. The van der Waals surface area contributed by atoms with E-state index in [4.69, 9.17) is 9.47 Å². The highest BCUT2D eigenvalue weighted by atomic mass is 32.2. The number of fused-ring (bicyclic) bond motifs is 1. The fraction of sp³-hybridized carbons (Fsp3) is 0.263. The van der Waals surface area contributed by atoms with Crippen LogP contribution in [0.25, 0.3) is 10.9 Å². The van der Waals surface area contributed by atoms with Gasteiger partial charge in [0.2, 0.25) is 19.9 Å². The van der Waals surface area contributed by atoms with E-state index >= 15 is 0 Å². The molecule has 1 aromatic heterocycles. The molecule has 4 rings (SSSR count). The predicted molar refractivity (Wildman–Crippen MR) is 104 cm³/mol. The van der Waals surface area contributed by atoms with Crippen LogP contribution < -0.4 is 4.74 Å². The van der Waals surface area contributed by atoms with Crippen molar-refractivity contribution in [1.82, 2.24) is 3.97 Å². The maximum atomic E-state index is 13.4. The Hall–Kier alpha value is -2.36. The largest absolute Gasteiger partial charge is 0.496 e. The van der Waals surface area contributed by atoms with Crippen LogP contribution in [0.4, 0.5) is 0 Å². The number of nitrogens with zero attached hydrogens (tertiary/aromatic N) is 1. The van der Waals surface area contributed by atoms with Gasteiger partial charge in [0.05, 0.1) is 41.4 Å². The van der Waals surface area contributed by atoms with Gasteiger partial charge < -0.3 is 9.47 Å². The second-order valence-electron chi connectivity index (χ2n) is 6.67. The van der Waals surface area contributed by atoms with Crippen LogP contribution in [0.15, 0.2) is 58.5 Å². The highest BCUT2D eigenvalue weighted by Gasteiger charge is 2.31. The summed E-state index contributed by atoms with van der Waals surface area (Å²) in [7, 11) is -6.17. The standard InChI is InChI=1S/C19H19NO6S2/c1-25-17-9-8-16-19(15(17)10-13-12-26-13)18(11-20(16)27(2,21)22)28(23,24)14-6-4-3-5-7-14/h3-9,11,13H,10,12H2,1-2H3/t13-/m0/s1. The molecule has 2 heterocycles. The van der Waals surface area contributed by atoms with E-state index < -0.39 is 19.9 Å². The van der Waals surface area contributed by atoms with Gasteiger partial charge in [0.1, 0.15) is 5.75 Å². The van der Waals surface area contributed by atoms with Gasteiger partial charge in [-0.05, 0) is 24.3 Å². The number of hydrogen-bond acceptors (Lipinski definition) is 6. The number of epoxide rings is 1. The summed E-state index contributed by atoms with van der Waals surface area (Å²) < 4.78 is 63.2. The Bertz CT molecular complexity index is 1260. The Kier molecular flexibility index (Phi) is 4.48. The molecular weight excluding hydrogens is 402 g/mol. The number of ether oxygens (including phenoxy) is 2. The molecule has 148 valence electrons. The van der Waals surface area contributed by atoms with Crippen LogP contribution in [0.2, 0.25) is 0 Å². The summed E-state index contributed by atoms with van der Waals surface area (Å²) >= 11 is 0. The van der Waals surface area contributed by atoms with Gasteiger partial charge in [0.15, 0.2) is 0 Å². The SMILES string of the molecule is COc1ccc2c(c(S(=O)(=O)c3ccccc3)cn2S(C)(=O)=O)c1C[C@H]1CO1. The Morgan fingerprint density at radius 1 is 1.11 bits per heavy atom. The van der Waals surface area contributed by atoms with Crippen molar-refractivity contribution in [3.63, 3.8) is 0 Å².